The van der Waals surface area contributed by atoms with Crippen molar-refractivity contribution in [1.82, 2.24) is 0 Å². The summed E-state index contributed by atoms with van der Waals surface area (Å²) in [6, 6.07) is 0. The Morgan fingerprint density at radius 1 is 1.29 bits per heavy atom. The molecule has 0 unspecified atom stereocenters. The van der Waals surface area contributed by atoms with E-state index in [0.29, 0.717) is 0 Å². The average molecular weight is 98.1 g/mol. The minimum atomic E-state index is 0.0880. The fourth-order valence-corrected chi connectivity index (χ4v) is 1.67. The van der Waals surface area contributed by atoms with Crippen molar-refractivity contribution in [3.63, 3.8) is 0 Å². The molecule has 0 aromatic rings. The number of hydrogen-bond acceptors (Lipinski definition) is 1. The minimum Gasteiger partial charge on any atom is -0.393 e. The van der Waals surface area contributed by atoms with E-state index in [1.807, 2.05) is 0 Å². The summed E-state index contributed by atoms with van der Waals surface area (Å²) in [5, 5.41) is 9.04. The lowest BCUT2D eigenvalue weighted by atomic mass is 10.2. The number of rotatable bonds is 0. The molecule has 2 rings (SSSR count). The van der Waals surface area contributed by atoms with Gasteiger partial charge in [-0.2, -0.15) is 0 Å². The van der Waals surface area contributed by atoms with E-state index in [1.165, 1.54) is 12.8 Å². The fourth-order valence-electron chi connectivity index (χ4n) is 1.67. The van der Waals surface area contributed by atoms with Gasteiger partial charge in [0, 0.05) is 0 Å². The zero-order valence-electron chi connectivity index (χ0n) is 4.30. The monoisotopic (exact) mass is 98.1 g/mol. The first-order valence-corrected chi connectivity index (χ1v) is 3.06. The molecule has 0 heterocycles. The van der Waals surface area contributed by atoms with Gasteiger partial charge in [0.25, 0.3) is 0 Å². The summed E-state index contributed by atoms with van der Waals surface area (Å²) < 4.78 is 0. The van der Waals surface area contributed by atoms with Crippen molar-refractivity contribution in [3.8, 4) is 0 Å². The second-order valence-electron chi connectivity index (χ2n) is 2.80. The summed E-state index contributed by atoms with van der Waals surface area (Å²) in [6.07, 6.45) is 3.78. The zero-order valence-corrected chi connectivity index (χ0v) is 4.30. The molecular formula is C6H10O. The molecule has 0 radical (unpaired) electrons. The smallest absolute Gasteiger partial charge is 0.0571 e. The number of aliphatic hydroxyl groups is 1. The first kappa shape index (κ1) is 3.90. The largest absolute Gasteiger partial charge is 0.393 e. The second kappa shape index (κ2) is 1.03. The molecule has 0 saturated heterocycles. The van der Waals surface area contributed by atoms with Gasteiger partial charge in [-0.25, -0.2) is 0 Å². The molecule has 3 atom stereocenters. The Morgan fingerprint density at radius 3 is 2.29 bits per heavy atom. The van der Waals surface area contributed by atoms with Crippen LogP contribution >= 0.6 is 0 Å². The maximum atomic E-state index is 9.04. The second-order valence-corrected chi connectivity index (χ2v) is 2.80. The normalized spacial score (nSPS) is 57.0. The molecule has 1 N–H and O–H groups in total. The van der Waals surface area contributed by atoms with Gasteiger partial charge < -0.3 is 5.11 Å². The molecule has 0 aromatic heterocycles. The molecule has 0 amide bonds. The fraction of sp³-hybridized carbons (Fsp3) is 1.00. The quantitative estimate of drug-likeness (QED) is 0.474. The van der Waals surface area contributed by atoms with E-state index < -0.39 is 0 Å². The van der Waals surface area contributed by atoms with Gasteiger partial charge in [0.1, 0.15) is 0 Å². The molecule has 40 valence electrons. The Hall–Kier alpha value is -0.0400. The lowest BCUT2D eigenvalue weighted by molar-refractivity contribution is 0.159. The summed E-state index contributed by atoms with van der Waals surface area (Å²) in [4.78, 5) is 0. The van der Waals surface area contributed by atoms with E-state index in [-0.39, 0.29) is 6.10 Å². The molecule has 7 heavy (non-hydrogen) atoms. The van der Waals surface area contributed by atoms with Crippen LogP contribution in [0.5, 0.6) is 0 Å². The predicted octanol–water partition coefficient (Wildman–Crippen LogP) is 0.777. The van der Waals surface area contributed by atoms with E-state index in [4.69, 9.17) is 5.11 Å². The first-order chi connectivity index (χ1) is 3.38. The topological polar surface area (TPSA) is 20.2 Å². The Bertz CT molecular complexity index is 90.2. The van der Waals surface area contributed by atoms with E-state index in [9.17, 15) is 0 Å². The third-order valence-electron chi connectivity index (χ3n) is 2.30. The SMILES string of the molecule is O[C@@H]1CC[C@H]2C[C@H]21. The molecular weight excluding hydrogens is 88.1 g/mol. The van der Waals surface area contributed by atoms with Gasteiger partial charge in [0.2, 0.25) is 0 Å². The van der Waals surface area contributed by atoms with Gasteiger partial charge in [-0.3, -0.25) is 0 Å². The first-order valence-electron chi connectivity index (χ1n) is 3.06. The lowest BCUT2D eigenvalue weighted by Gasteiger charge is -1.97. The number of fused-ring (bicyclic) bond motifs is 1. The lowest BCUT2D eigenvalue weighted by Crippen LogP contribution is -2.02. The Labute approximate surface area is 43.3 Å². The molecule has 2 fully saturated rings. The van der Waals surface area contributed by atoms with Crippen LogP contribution in [0, 0.1) is 11.8 Å². The van der Waals surface area contributed by atoms with E-state index >= 15 is 0 Å². The maximum Gasteiger partial charge on any atom is 0.0571 e. The molecule has 2 saturated carbocycles. The average Bonchev–Trinajstić information content (AvgIpc) is 2.33. The van der Waals surface area contributed by atoms with E-state index in [0.717, 1.165) is 18.3 Å². The van der Waals surface area contributed by atoms with Gasteiger partial charge in [-0.1, -0.05) is 0 Å². The Balaban J connectivity index is 2.08. The summed E-state index contributed by atoms with van der Waals surface area (Å²) in [5.41, 5.74) is 0. The maximum absolute atomic E-state index is 9.04. The van der Waals surface area contributed by atoms with Crippen LogP contribution < -0.4 is 0 Å². The predicted molar refractivity (Wildman–Crippen MR) is 26.8 cm³/mol. The summed E-state index contributed by atoms with van der Waals surface area (Å²) in [5.74, 6) is 1.68. The summed E-state index contributed by atoms with van der Waals surface area (Å²) in [7, 11) is 0. The van der Waals surface area contributed by atoms with Crippen LogP contribution in [-0.2, 0) is 0 Å². The van der Waals surface area contributed by atoms with Crippen LogP contribution in [0.1, 0.15) is 19.3 Å². The van der Waals surface area contributed by atoms with Crippen molar-refractivity contribution in [2.45, 2.75) is 25.4 Å². The van der Waals surface area contributed by atoms with Crippen molar-refractivity contribution in [2.75, 3.05) is 0 Å². The number of aliphatic hydroxyl groups excluding tert-OH is 1. The van der Waals surface area contributed by atoms with Crippen LogP contribution in [0.25, 0.3) is 0 Å². The summed E-state index contributed by atoms with van der Waals surface area (Å²) >= 11 is 0. The minimum absolute atomic E-state index is 0.0880. The zero-order chi connectivity index (χ0) is 4.85. The molecule has 0 aliphatic heterocycles. The standard InChI is InChI=1S/C6H10O/c7-6-2-1-4-3-5(4)6/h4-7H,1-3H2/t4-,5+,6+/m0/s1. The van der Waals surface area contributed by atoms with E-state index in [1.54, 1.807) is 0 Å². The van der Waals surface area contributed by atoms with Crippen LogP contribution in [0.2, 0.25) is 0 Å². The highest BCUT2D eigenvalue weighted by atomic mass is 16.3. The van der Waals surface area contributed by atoms with Gasteiger partial charge in [-0.15, -0.1) is 0 Å². The molecule has 2 aliphatic carbocycles. The van der Waals surface area contributed by atoms with Crippen molar-refractivity contribution in [1.29, 1.82) is 0 Å². The Kier molecular flexibility index (Phi) is 0.571. The molecule has 0 spiro atoms. The van der Waals surface area contributed by atoms with Gasteiger partial charge in [-0.05, 0) is 31.1 Å². The number of hydrogen-bond donors (Lipinski definition) is 1. The Morgan fingerprint density at radius 2 is 2.14 bits per heavy atom. The van der Waals surface area contributed by atoms with Crippen LogP contribution in [0.4, 0.5) is 0 Å². The molecule has 0 aromatic carbocycles. The van der Waals surface area contributed by atoms with Crippen molar-refractivity contribution < 1.29 is 5.11 Å². The van der Waals surface area contributed by atoms with Crippen molar-refractivity contribution in [3.05, 3.63) is 0 Å². The molecule has 0 bridgehead atoms. The van der Waals surface area contributed by atoms with E-state index in [2.05, 4.69) is 0 Å². The molecule has 2 aliphatic rings. The molecule has 1 nitrogen and oxygen atoms in total. The van der Waals surface area contributed by atoms with Gasteiger partial charge in [0.05, 0.1) is 6.10 Å². The summed E-state index contributed by atoms with van der Waals surface area (Å²) in [6.45, 7) is 0. The van der Waals surface area contributed by atoms with Crippen LogP contribution in [0.3, 0.4) is 0 Å². The third kappa shape index (κ3) is 0.418. The van der Waals surface area contributed by atoms with Crippen LogP contribution in [-0.4, -0.2) is 11.2 Å². The highest BCUT2D eigenvalue weighted by molar-refractivity contribution is 4.97. The van der Waals surface area contributed by atoms with Gasteiger partial charge in [0.15, 0.2) is 0 Å². The highest BCUT2D eigenvalue weighted by Gasteiger charge is 2.47. The van der Waals surface area contributed by atoms with Crippen molar-refractivity contribution >= 4 is 0 Å². The highest BCUT2D eigenvalue weighted by Crippen LogP contribution is 2.51. The van der Waals surface area contributed by atoms with Crippen LogP contribution in [0.15, 0.2) is 0 Å². The molecule has 1 heteroatoms. The van der Waals surface area contributed by atoms with Gasteiger partial charge >= 0.3 is 0 Å². The third-order valence-corrected chi connectivity index (χ3v) is 2.30. The van der Waals surface area contributed by atoms with Crippen molar-refractivity contribution in [2.24, 2.45) is 11.8 Å².